The molecule has 0 radical (unpaired) electrons. The number of ether oxygens (including phenoxy) is 1. The zero-order valence-electron chi connectivity index (χ0n) is 13.3. The first kappa shape index (κ1) is 17.4. The number of nitro groups is 1. The molecule has 0 fully saturated rings. The second-order valence-electron chi connectivity index (χ2n) is 5.40. The summed E-state index contributed by atoms with van der Waals surface area (Å²) in [5.74, 6) is -1.23. The fraction of sp³-hybridized carbons (Fsp3) is 0.400. The lowest BCUT2D eigenvalue weighted by Gasteiger charge is -2.27. The number of hydrogen-bond acceptors (Lipinski definition) is 6. The fourth-order valence-electron chi connectivity index (χ4n) is 2.55. The van der Waals surface area contributed by atoms with E-state index in [-0.39, 0.29) is 36.5 Å². The van der Waals surface area contributed by atoms with Crippen LogP contribution >= 0.6 is 0 Å². The molecule has 9 nitrogen and oxygen atoms in total. The van der Waals surface area contributed by atoms with Gasteiger partial charge in [0.2, 0.25) is 11.8 Å². The molecule has 128 valence electrons. The Morgan fingerprint density at radius 1 is 1.42 bits per heavy atom. The van der Waals surface area contributed by atoms with Gasteiger partial charge >= 0.3 is 5.97 Å². The Kier molecular flexibility index (Phi) is 5.12. The van der Waals surface area contributed by atoms with E-state index in [2.05, 4.69) is 10.1 Å². The number of hydrogen-bond donors (Lipinski definition) is 1. The van der Waals surface area contributed by atoms with Crippen molar-refractivity contribution in [3.63, 3.8) is 0 Å². The summed E-state index contributed by atoms with van der Waals surface area (Å²) in [6.45, 7) is 1.67. The number of benzene rings is 1. The van der Waals surface area contributed by atoms with Crippen LogP contribution in [0.1, 0.15) is 26.2 Å². The molecule has 1 aromatic rings. The van der Waals surface area contributed by atoms with E-state index in [1.807, 2.05) is 0 Å². The average Bonchev–Trinajstić information content (AvgIpc) is 2.65. The van der Waals surface area contributed by atoms with Crippen LogP contribution in [0, 0.1) is 10.1 Å². The van der Waals surface area contributed by atoms with Crippen LogP contribution in [-0.2, 0) is 19.1 Å². The van der Waals surface area contributed by atoms with Crippen molar-refractivity contribution in [2.75, 3.05) is 17.3 Å². The molecular formula is C15H17N3O6. The standard InChI is InChI=1S/C15H17N3O6/c1-9-7-13(19)16-11-4-3-10(18(22)23)8-12(11)17(9)14(20)5-6-15(21)24-2/h3-4,8-9H,5-7H2,1-2H3,(H,16,19). The first-order valence-electron chi connectivity index (χ1n) is 7.30. The van der Waals surface area contributed by atoms with E-state index >= 15 is 0 Å². The number of anilines is 2. The van der Waals surface area contributed by atoms with Crippen LogP contribution in [-0.4, -0.2) is 35.9 Å². The normalized spacial score (nSPS) is 16.7. The number of carbonyl (C=O) groups is 3. The van der Waals surface area contributed by atoms with Crippen LogP contribution in [0.15, 0.2) is 18.2 Å². The van der Waals surface area contributed by atoms with Gasteiger partial charge in [-0.3, -0.25) is 24.5 Å². The molecule has 1 aliphatic rings. The summed E-state index contributed by atoms with van der Waals surface area (Å²) in [6.07, 6.45) is -0.177. The highest BCUT2D eigenvalue weighted by Gasteiger charge is 2.31. The van der Waals surface area contributed by atoms with E-state index in [0.717, 1.165) is 0 Å². The van der Waals surface area contributed by atoms with Crippen LogP contribution < -0.4 is 10.2 Å². The van der Waals surface area contributed by atoms with Gasteiger partial charge in [0.15, 0.2) is 0 Å². The molecule has 0 aromatic heterocycles. The predicted molar refractivity (Wildman–Crippen MR) is 84.5 cm³/mol. The molecule has 24 heavy (non-hydrogen) atoms. The monoisotopic (exact) mass is 335 g/mol. The molecule has 0 aliphatic carbocycles. The number of amides is 2. The SMILES string of the molecule is COC(=O)CCC(=O)N1c2cc([N+](=O)[O-])ccc2NC(=O)CC1C. The average molecular weight is 335 g/mol. The number of fused-ring (bicyclic) bond motifs is 1. The smallest absolute Gasteiger partial charge is 0.306 e. The maximum absolute atomic E-state index is 12.5. The summed E-state index contributed by atoms with van der Waals surface area (Å²) >= 11 is 0. The lowest BCUT2D eigenvalue weighted by Crippen LogP contribution is -2.39. The summed E-state index contributed by atoms with van der Waals surface area (Å²) in [4.78, 5) is 47.4. The Bertz CT molecular complexity index is 702. The molecule has 0 saturated carbocycles. The van der Waals surface area contributed by atoms with E-state index < -0.39 is 22.8 Å². The van der Waals surface area contributed by atoms with E-state index in [0.29, 0.717) is 5.69 Å². The Balaban J connectivity index is 2.40. The van der Waals surface area contributed by atoms with Crippen molar-refractivity contribution in [2.24, 2.45) is 0 Å². The zero-order valence-corrected chi connectivity index (χ0v) is 13.3. The van der Waals surface area contributed by atoms with E-state index in [9.17, 15) is 24.5 Å². The summed E-state index contributed by atoms with van der Waals surface area (Å²) in [5, 5.41) is 13.6. The highest BCUT2D eigenvalue weighted by Crippen LogP contribution is 2.35. The van der Waals surface area contributed by atoms with Gasteiger partial charge in [-0.05, 0) is 13.0 Å². The molecule has 0 saturated heterocycles. The minimum atomic E-state index is -0.575. The number of nitrogens with one attached hydrogen (secondary N) is 1. The quantitative estimate of drug-likeness (QED) is 0.507. The van der Waals surface area contributed by atoms with Crippen LogP contribution in [0.2, 0.25) is 0 Å². The third kappa shape index (κ3) is 3.67. The molecule has 9 heteroatoms. The van der Waals surface area contributed by atoms with E-state index in [1.54, 1.807) is 6.92 Å². The Morgan fingerprint density at radius 3 is 2.75 bits per heavy atom. The highest BCUT2D eigenvalue weighted by molar-refractivity contribution is 6.05. The molecule has 2 rings (SSSR count). The number of carbonyl (C=O) groups excluding carboxylic acids is 3. The minimum absolute atomic E-state index is 0.0481. The van der Waals surface area contributed by atoms with Crippen molar-refractivity contribution in [1.82, 2.24) is 0 Å². The summed E-state index contributed by atoms with van der Waals surface area (Å²) in [5.41, 5.74) is 0.377. The number of methoxy groups -OCH3 is 1. The summed E-state index contributed by atoms with van der Waals surface area (Å²) in [7, 11) is 1.22. The van der Waals surface area contributed by atoms with Crippen molar-refractivity contribution < 1.29 is 24.0 Å². The van der Waals surface area contributed by atoms with Crippen molar-refractivity contribution in [2.45, 2.75) is 32.2 Å². The molecule has 1 aliphatic heterocycles. The molecule has 1 N–H and O–H groups in total. The van der Waals surface area contributed by atoms with Gasteiger partial charge in [-0.1, -0.05) is 0 Å². The maximum atomic E-state index is 12.5. The van der Waals surface area contributed by atoms with Gasteiger partial charge in [0.05, 0.1) is 29.8 Å². The van der Waals surface area contributed by atoms with Gasteiger partial charge in [-0.15, -0.1) is 0 Å². The van der Waals surface area contributed by atoms with Crippen LogP contribution in [0.4, 0.5) is 17.1 Å². The largest absolute Gasteiger partial charge is 0.469 e. The summed E-state index contributed by atoms with van der Waals surface area (Å²) in [6, 6.07) is 3.39. The second kappa shape index (κ2) is 7.07. The molecule has 1 aromatic carbocycles. The van der Waals surface area contributed by atoms with Crippen molar-refractivity contribution in [1.29, 1.82) is 0 Å². The van der Waals surface area contributed by atoms with Gasteiger partial charge in [0.25, 0.3) is 5.69 Å². The minimum Gasteiger partial charge on any atom is -0.469 e. The van der Waals surface area contributed by atoms with Gasteiger partial charge < -0.3 is 15.0 Å². The zero-order chi connectivity index (χ0) is 17.9. The maximum Gasteiger partial charge on any atom is 0.306 e. The number of non-ortho nitro benzene ring substituents is 1. The lowest BCUT2D eigenvalue weighted by atomic mass is 10.1. The fourth-order valence-corrected chi connectivity index (χ4v) is 2.55. The van der Waals surface area contributed by atoms with Gasteiger partial charge in [-0.25, -0.2) is 0 Å². The predicted octanol–water partition coefficient (Wildman–Crippen LogP) is 1.61. The highest BCUT2D eigenvalue weighted by atomic mass is 16.6. The molecule has 0 spiro atoms. The van der Waals surface area contributed by atoms with Crippen molar-refractivity contribution >= 4 is 34.8 Å². The molecule has 1 unspecified atom stereocenters. The lowest BCUT2D eigenvalue weighted by molar-refractivity contribution is -0.384. The third-order valence-corrected chi connectivity index (χ3v) is 3.69. The number of nitro benzene ring substituents is 1. The second-order valence-corrected chi connectivity index (χ2v) is 5.40. The molecule has 1 atom stereocenters. The number of nitrogens with zero attached hydrogens (tertiary/aromatic N) is 2. The molecular weight excluding hydrogens is 318 g/mol. The van der Waals surface area contributed by atoms with E-state index in [4.69, 9.17) is 0 Å². The molecule has 1 heterocycles. The summed E-state index contributed by atoms with van der Waals surface area (Å²) < 4.78 is 4.51. The van der Waals surface area contributed by atoms with E-state index in [1.165, 1.54) is 30.2 Å². The van der Waals surface area contributed by atoms with Crippen LogP contribution in [0.5, 0.6) is 0 Å². The number of rotatable bonds is 4. The van der Waals surface area contributed by atoms with Gasteiger partial charge in [-0.2, -0.15) is 0 Å². The van der Waals surface area contributed by atoms with Crippen molar-refractivity contribution in [3.8, 4) is 0 Å². The van der Waals surface area contributed by atoms with Gasteiger partial charge in [0, 0.05) is 31.0 Å². The Labute approximate surface area is 137 Å². The topological polar surface area (TPSA) is 119 Å². The Hall–Kier alpha value is -2.97. The number of esters is 1. The first-order valence-corrected chi connectivity index (χ1v) is 7.30. The van der Waals surface area contributed by atoms with Crippen LogP contribution in [0.25, 0.3) is 0 Å². The Morgan fingerprint density at radius 2 is 2.12 bits per heavy atom. The first-order chi connectivity index (χ1) is 11.3. The van der Waals surface area contributed by atoms with Crippen LogP contribution in [0.3, 0.4) is 0 Å². The molecule has 2 amide bonds. The van der Waals surface area contributed by atoms with Gasteiger partial charge in [0.1, 0.15) is 0 Å². The van der Waals surface area contributed by atoms with Crippen molar-refractivity contribution in [3.05, 3.63) is 28.3 Å². The third-order valence-electron chi connectivity index (χ3n) is 3.69. The molecule has 0 bridgehead atoms.